The molecule has 4 N–H and O–H groups in total. The van der Waals surface area contributed by atoms with Gasteiger partial charge in [-0.3, -0.25) is 0 Å². The highest BCUT2D eigenvalue weighted by Crippen LogP contribution is 2.64. The second-order valence-electron chi connectivity index (χ2n) is 7.26. The summed E-state index contributed by atoms with van der Waals surface area (Å²) in [6.07, 6.45) is 0. The fraction of sp³-hybridized carbons (Fsp3) is 0.263. The number of nitrogens with two attached hydrogens (primary N) is 2. The summed E-state index contributed by atoms with van der Waals surface area (Å²) in [5.41, 5.74) is 6.40. The van der Waals surface area contributed by atoms with Crippen LogP contribution in [-0.2, 0) is 19.7 Å². The third kappa shape index (κ3) is 3.76. The number of nitrogens with zero attached hydrogens (tertiary/aromatic N) is 1. The first-order valence-electron chi connectivity index (χ1n) is 8.45. The van der Waals surface area contributed by atoms with Crippen molar-refractivity contribution in [3.8, 4) is 0 Å². The van der Waals surface area contributed by atoms with E-state index in [0.29, 0.717) is 11.1 Å². The van der Waals surface area contributed by atoms with Crippen LogP contribution in [-0.4, -0.2) is 20.2 Å². The average molecular weight is 405 g/mol. The molecular weight excluding hydrogens is 385 g/mol. The Balaban J connectivity index is 1.77. The lowest BCUT2D eigenvalue weighted by Gasteiger charge is -2.05. The predicted octanol–water partition coefficient (Wildman–Crippen LogP) is 2.08. The molecule has 2 aromatic carbocycles. The molecule has 2 unspecified atom stereocenters. The Labute approximate surface area is 162 Å². The van der Waals surface area contributed by atoms with Crippen molar-refractivity contribution in [3.05, 3.63) is 65.5 Å². The number of amidine groups is 1. The van der Waals surface area contributed by atoms with Gasteiger partial charge in [-0.25, -0.2) is 22.7 Å². The van der Waals surface area contributed by atoms with E-state index < -0.39 is 38.0 Å². The third-order valence-electron chi connectivity index (χ3n) is 5.01. The Morgan fingerprint density at radius 2 is 1.82 bits per heavy atom. The van der Waals surface area contributed by atoms with Gasteiger partial charge in [0.1, 0.15) is 10.7 Å². The number of hydrogen-bond donors (Lipinski definition) is 2. The second-order valence-corrected chi connectivity index (χ2v) is 8.79. The van der Waals surface area contributed by atoms with Crippen molar-refractivity contribution < 1.29 is 22.4 Å². The van der Waals surface area contributed by atoms with Crippen molar-refractivity contribution in [2.24, 2.45) is 27.4 Å². The topological polar surface area (TPSA) is 125 Å². The van der Waals surface area contributed by atoms with Crippen LogP contribution < -0.4 is 10.9 Å². The molecule has 1 fully saturated rings. The lowest BCUT2D eigenvalue weighted by Crippen LogP contribution is -2.16. The van der Waals surface area contributed by atoms with E-state index >= 15 is 0 Å². The number of primary sulfonamides is 1. The van der Waals surface area contributed by atoms with Gasteiger partial charge in [-0.15, -0.1) is 0 Å². The Hall–Kier alpha value is -2.78. The molecule has 148 valence electrons. The summed E-state index contributed by atoms with van der Waals surface area (Å²) in [7, 11) is -4.16. The van der Waals surface area contributed by atoms with Crippen LogP contribution in [0.15, 0.2) is 58.6 Å². The molecule has 0 bridgehead atoms. The predicted molar refractivity (Wildman–Crippen MR) is 101 cm³/mol. The highest BCUT2D eigenvalue weighted by atomic mass is 32.2. The van der Waals surface area contributed by atoms with Gasteiger partial charge >= 0.3 is 5.97 Å². The van der Waals surface area contributed by atoms with Gasteiger partial charge in [0.05, 0.1) is 5.92 Å². The molecule has 9 heteroatoms. The first kappa shape index (κ1) is 20.0. The van der Waals surface area contributed by atoms with Crippen LogP contribution >= 0.6 is 0 Å². The molecule has 1 aliphatic rings. The van der Waals surface area contributed by atoms with Crippen LogP contribution in [0.4, 0.5) is 4.39 Å². The zero-order valence-electron chi connectivity index (χ0n) is 15.3. The van der Waals surface area contributed by atoms with Gasteiger partial charge in [-0.1, -0.05) is 55.4 Å². The summed E-state index contributed by atoms with van der Waals surface area (Å²) in [5, 5.41) is 8.66. The molecule has 1 aliphatic carbocycles. The first-order chi connectivity index (χ1) is 13.0. The number of rotatable bonds is 5. The molecule has 7 nitrogen and oxygen atoms in total. The molecule has 2 aromatic rings. The number of benzene rings is 2. The molecule has 2 atom stereocenters. The van der Waals surface area contributed by atoms with Crippen LogP contribution in [0.2, 0.25) is 0 Å². The molecule has 0 heterocycles. The number of carbonyl (C=O) groups is 1. The van der Waals surface area contributed by atoms with E-state index in [9.17, 15) is 17.6 Å². The zero-order valence-corrected chi connectivity index (χ0v) is 16.1. The van der Waals surface area contributed by atoms with E-state index in [1.54, 1.807) is 24.3 Å². The van der Waals surface area contributed by atoms with Gasteiger partial charge < -0.3 is 10.6 Å². The van der Waals surface area contributed by atoms with Crippen molar-refractivity contribution in [1.82, 2.24) is 0 Å². The average Bonchev–Trinajstić information content (AvgIpc) is 3.21. The Bertz CT molecular complexity index is 1050. The van der Waals surface area contributed by atoms with Crippen molar-refractivity contribution in [3.63, 3.8) is 0 Å². The fourth-order valence-electron chi connectivity index (χ4n) is 3.45. The quantitative estimate of drug-likeness (QED) is 0.341. The van der Waals surface area contributed by atoms with Gasteiger partial charge in [-0.2, -0.15) is 0 Å². The van der Waals surface area contributed by atoms with Crippen LogP contribution in [0.25, 0.3) is 0 Å². The van der Waals surface area contributed by atoms with E-state index in [2.05, 4.69) is 5.16 Å². The Morgan fingerprint density at radius 1 is 1.18 bits per heavy atom. The van der Waals surface area contributed by atoms with Gasteiger partial charge in [-0.05, 0) is 23.1 Å². The highest BCUT2D eigenvalue weighted by molar-refractivity contribution is 7.89. The fourth-order valence-corrected chi connectivity index (χ4v) is 4.04. The normalized spacial score (nSPS) is 21.2. The second kappa shape index (κ2) is 6.99. The molecule has 0 saturated heterocycles. The molecule has 0 amide bonds. The van der Waals surface area contributed by atoms with Crippen LogP contribution in [0.3, 0.4) is 0 Å². The summed E-state index contributed by atoms with van der Waals surface area (Å²) in [5.74, 6) is -2.41. The molecule has 0 spiro atoms. The summed E-state index contributed by atoms with van der Waals surface area (Å²) in [4.78, 5) is 16.9. The minimum Gasteiger partial charge on any atom is -0.380 e. The van der Waals surface area contributed by atoms with Gasteiger partial charge in [0, 0.05) is 11.5 Å². The van der Waals surface area contributed by atoms with Crippen molar-refractivity contribution in [2.75, 3.05) is 0 Å². The number of sulfonamides is 1. The zero-order chi connectivity index (χ0) is 20.7. The summed E-state index contributed by atoms with van der Waals surface area (Å²) >= 11 is 0. The smallest absolute Gasteiger partial charge is 0.339 e. The Morgan fingerprint density at radius 3 is 2.39 bits per heavy atom. The van der Waals surface area contributed by atoms with E-state index in [4.69, 9.17) is 15.7 Å². The van der Waals surface area contributed by atoms with Gasteiger partial charge in [0.25, 0.3) is 0 Å². The first-order valence-corrected chi connectivity index (χ1v) is 10.00. The number of oxime groups is 1. The van der Waals surface area contributed by atoms with Gasteiger partial charge in [0.15, 0.2) is 5.84 Å². The van der Waals surface area contributed by atoms with E-state index in [1.165, 1.54) is 6.07 Å². The minimum absolute atomic E-state index is 0.0625. The molecule has 1 saturated carbocycles. The number of carbonyl (C=O) groups excluding carboxylic acids is 1. The number of halogens is 1. The minimum atomic E-state index is -4.16. The SMILES string of the molecule is CC1(C)C(C(=O)ON=C(N)c2ccccc2)C1c1ccc(S(N)(=O)=O)c(F)c1. The van der Waals surface area contributed by atoms with Crippen molar-refractivity contribution in [1.29, 1.82) is 0 Å². The molecule has 0 aliphatic heterocycles. The van der Waals surface area contributed by atoms with E-state index in [-0.39, 0.29) is 11.8 Å². The van der Waals surface area contributed by atoms with E-state index in [0.717, 1.165) is 12.1 Å². The standard InChI is InChI=1S/C19H20FN3O4S/c1-19(2)15(12-8-9-14(13(20)10-12)28(22,25)26)16(19)18(24)27-23-17(21)11-6-4-3-5-7-11/h3-10,15-16H,1-2H3,(H2,21,23)(H2,22,25,26). The molecule has 0 radical (unpaired) electrons. The largest absolute Gasteiger partial charge is 0.380 e. The molecule has 3 rings (SSSR count). The monoisotopic (exact) mass is 405 g/mol. The molecular formula is C19H20FN3O4S. The summed E-state index contributed by atoms with van der Waals surface area (Å²) < 4.78 is 36.8. The Kier molecular flexibility index (Phi) is 4.99. The maximum Gasteiger partial charge on any atom is 0.339 e. The van der Waals surface area contributed by atoms with E-state index in [1.807, 2.05) is 19.9 Å². The molecule has 28 heavy (non-hydrogen) atoms. The van der Waals surface area contributed by atoms with Crippen LogP contribution in [0.1, 0.15) is 30.9 Å². The maximum atomic E-state index is 14.1. The van der Waals surface area contributed by atoms with Crippen molar-refractivity contribution in [2.45, 2.75) is 24.7 Å². The summed E-state index contributed by atoms with van der Waals surface area (Å²) in [6.45, 7) is 3.67. The highest BCUT2D eigenvalue weighted by Gasteiger charge is 2.63. The number of hydrogen-bond acceptors (Lipinski definition) is 5. The third-order valence-corrected chi connectivity index (χ3v) is 5.95. The summed E-state index contributed by atoms with van der Waals surface area (Å²) in [6, 6.07) is 12.5. The maximum absolute atomic E-state index is 14.1. The van der Waals surface area contributed by atoms with Gasteiger partial charge in [0.2, 0.25) is 10.0 Å². The molecule has 0 aromatic heterocycles. The lowest BCUT2D eigenvalue weighted by atomic mass is 10.0. The van der Waals surface area contributed by atoms with Crippen molar-refractivity contribution >= 4 is 21.8 Å². The van der Waals surface area contributed by atoms with Crippen LogP contribution in [0, 0.1) is 17.2 Å². The lowest BCUT2D eigenvalue weighted by molar-refractivity contribution is -0.146. The van der Waals surface area contributed by atoms with Crippen LogP contribution in [0.5, 0.6) is 0 Å².